The zero-order valence-electron chi connectivity index (χ0n) is 10.1. The lowest BCUT2D eigenvalue weighted by Gasteiger charge is -2.35. The van der Waals surface area contributed by atoms with Gasteiger partial charge in [-0.25, -0.2) is 0 Å². The van der Waals surface area contributed by atoms with E-state index >= 15 is 0 Å². The van der Waals surface area contributed by atoms with Gasteiger partial charge in [-0.2, -0.15) is 0 Å². The van der Waals surface area contributed by atoms with E-state index < -0.39 is 0 Å². The third-order valence-electron chi connectivity index (χ3n) is 3.93. The van der Waals surface area contributed by atoms with Crippen LogP contribution in [-0.4, -0.2) is 31.1 Å². The maximum atomic E-state index is 5.84. The fourth-order valence-corrected chi connectivity index (χ4v) is 2.40. The third kappa shape index (κ3) is 2.96. The summed E-state index contributed by atoms with van der Waals surface area (Å²) < 4.78 is 0. The Hall–Kier alpha value is -0.0800. The van der Waals surface area contributed by atoms with Crippen LogP contribution in [0.3, 0.4) is 0 Å². The molecule has 0 aromatic rings. The van der Waals surface area contributed by atoms with Gasteiger partial charge in [0, 0.05) is 12.6 Å². The predicted molar refractivity (Wildman–Crippen MR) is 62.3 cm³/mol. The van der Waals surface area contributed by atoms with E-state index in [0.29, 0.717) is 5.41 Å². The van der Waals surface area contributed by atoms with Crippen LogP contribution in [0, 0.1) is 5.41 Å². The number of hydrogen-bond donors (Lipinski definition) is 1. The average molecular weight is 198 g/mol. The van der Waals surface area contributed by atoms with Crippen molar-refractivity contribution in [3.05, 3.63) is 0 Å². The minimum absolute atomic E-state index is 0.317. The molecular formula is C12H26N2. The Kier molecular flexibility index (Phi) is 4.39. The van der Waals surface area contributed by atoms with Crippen LogP contribution in [0.2, 0.25) is 0 Å². The van der Waals surface area contributed by atoms with Crippen LogP contribution in [0.5, 0.6) is 0 Å². The highest BCUT2D eigenvalue weighted by atomic mass is 15.1. The molecule has 1 saturated carbocycles. The molecule has 2 nitrogen and oxygen atoms in total. The molecule has 1 fully saturated rings. The van der Waals surface area contributed by atoms with Crippen LogP contribution in [0.15, 0.2) is 0 Å². The van der Waals surface area contributed by atoms with Gasteiger partial charge < -0.3 is 10.6 Å². The lowest BCUT2D eigenvalue weighted by molar-refractivity contribution is 0.150. The highest BCUT2D eigenvalue weighted by Gasteiger charge is 2.27. The summed E-state index contributed by atoms with van der Waals surface area (Å²) in [4.78, 5) is 2.53. The van der Waals surface area contributed by atoms with E-state index in [4.69, 9.17) is 5.73 Å². The standard InChI is InChI=1S/C12H26N2/c1-4-12(2,9-13)10-14(3)11-7-5-6-8-11/h11H,4-10,13H2,1-3H3. The SMILES string of the molecule is CCC(C)(CN)CN(C)C1CCCC1. The van der Waals surface area contributed by atoms with E-state index in [0.717, 1.165) is 19.1 Å². The number of nitrogens with two attached hydrogens (primary N) is 1. The number of hydrogen-bond acceptors (Lipinski definition) is 2. The molecule has 0 heterocycles. The maximum absolute atomic E-state index is 5.84. The summed E-state index contributed by atoms with van der Waals surface area (Å²) in [5, 5.41) is 0. The van der Waals surface area contributed by atoms with Gasteiger partial charge in [0.1, 0.15) is 0 Å². The Labute approximate surface area is 88.8 Å². The normalized spacial score (nSPS) is 22.9. The Bertz CT molecular complexity index is 158. The van der Waals surface area contributed by atoms with Crippen molar-refractivity contribution in [1.29, 1.82) is 0 Å². The molecular weight excluding hydrogens is 172 g/mol. The molecule has 2 N–H and O–H groups in total. The molecule has 2 heteroatoms. The van der Waals surface area contributed by atoms with Gasteiger partial charge in [-0.05, 0) is 38.3 Å². The van der Waals surface area contributed by atoms with Gasteiger partial charge in [-0.15, -0.1) is 0 Å². The Morgan fingerprint density at radius 2 is 1.93 bits per heavy atom. The van der Waals surface area contributed by atoms with E-state index in [-0.39, 0.29) is 0 Å². The highest BCUT2D eigenvalue weighted by Crippen LogP contribution is 2.27. The monoisotopic (exact) mass is 198 g/mol. The second kappa shape index (κ2) is 5.13. The van der Waals surface area contributed by atoms with Crippen molar-refractivity contribution >= 4 is 0 Å². The van der Waals surface area contributed by atoms with Crippen molar-refractivity contribution in [2.75, 3.05) is 20.1 Å². The van der Waals surface area contributed by atoms with E-state index in [2.05, 4.69) is 25.8 Å². The van der Waals surface area contributed by atoms with E-state index in [1.807, 2.05) is 0 Å². The second-order valence-corrected chi connectivity index (χ2v) is 5.22. The van der Waals surface area contributed by atoms with Crippen LogP contribution in [0.1, 0.15) is 46.0 Å². The van der Waals surface area contributed by atoms with Crippen LogP contribution in [0.4, 0.5) is 0 Å². The Morgan fingerprint density at radius 3 is 2.36 bits per heavy atom. The van der Waals surface area contributed by atoms with Crippen LogP contribution in [-0.2, 0) is 0 Å². The maximum Gasteiger partial charge on any atom is 0.00924 e. The summed E-state index contributed by atoms with van der Waals surface area (Å²) in [6.07, 6.45) is 6.79. The molecule has 0 spiro atoms. The highest BCUT2D eigenvalue weighted by molar-refractivity contribution is 4.82. The minimum atomic E-state index is 0.317. The zero-order valence-corrected chi connectivity index (χ0v) is 10.1. The molecule has 0 radical (unpaired) electrons. The summed E-state index contributed by atoms with van der Waals surface area (Å²) in [6.45, 7) is 6.51. The van der Waals surface area contributed by atoms with Crippen LogP contribution >= 0.6 is 0 Å². The lowest BCUT2D eigenvalue weighted by atomic mass is 9.87. The number of rotatable bonds is 5. The van der Waals surface area contributed by atoms with E-state index in [1.54, 1.807) is 0 Å². The topological polar surface area (TPSA) is 29.3 Å². The van der Waals surface area contributed by atoms with Gasteiger partial charge in [0.15, 0.2) is 0 Å². The molecule has 1 atom stereocenters. The van der Waals surface area contributed by atoms with Crippen LogP contribution < -0.4 is 5.73 Å². The molecule has 1 unspecified atom stereocenters. The second-order valence-electron chi connectivity index (χ2n) is 5.22. The first-order valence-corrected chi connectivity index (χ1v) is 6.01. The molecule has 1 aliphatic rings. The van der Waals surface area contributed by atoms with Crippen molar-refractivity contribution in [3.8, 4) is 0 Å². The van der Waals surface area contributed by atoms with Crippen molar-refractivity contribution < 1.29 is 0 Å². The lowest BCUT2D eigenvalue weighted by Crippen LogP contribution is -2.42. The Morgan fingerprint density at radius 1 is 1.36 bits per heavy atom. The third-order valence-corrected chi connectivity index (χ3v) is 3.93. The first-order chi connectivity index (χ1) is 6.61. The van der Waals surface area contributed by atoms with Gasteiger partial charge in [0.2, 0.25) is 0 Å². The molecule has 0 amide bonds. The summed E-state index contributed by atoms with van der Waals surface area (Å²) in [5.74, 6) is 0. The van der Waals surface area contributed by atoms with Gasteiger partial charge in [0.05, 0.1) is 0 Å². The summed E-state index contributed by atoms with van der Waals surface area (Å²) in [7, 11) is 2.26. The van der Waals surface area contributed by atoms with Gasteiger partial charge in [0.25, 0.3) is 0 Å². The first-order valence-electron chi connectivity index (χ1n) is 6.01. The van der Waals surface area contributed by atoms with Gasteiger partial charge in [-0.3, -0.25) is 0 Å². The molecule has 0 bridgehead atoms. The largest absolute Gasteiger partial charge is 0.330 e. The first kappa shape index (κ1) is 12.0. The molecule has 0 aromatic carbocycles. The number of nitrogens with zero attached hydrogens (tertiary/aromatic N) is 1. The van der Waals surface area contributed by atoms with Crippen molar-refractivity contribution in [3.63, 3.8) is 0 Å². The molecule has 0 aromatic heterocycles. The minimum Gasteiger partial charge on any atom is -0.330 e. The quantitative estimate of drug-likeness (QED) is 0.734. The molecule has 14 heavy (non-hydrogen) atoms. The fraction of sp³-hybridized carbons (Fsp3) is 1.00. The van der Waals surface area contributed by atoms with Gasteiger partial charge in [-0.1, -0.05) is 26.7 Å². The molecule has 84 valence electrons. The van der Waals surface area contributed by atoms with Crippen LogP contribution in [0.25, 0.3) is 0 Å². The summed E-state index contributed by atoms with van der Waals surface area (Å²) in [5.41, 5.74) is 6.15. The molecule has 0 saturated heterocycles. The van der Waals surface area contributed by atoms with E-state index in [9.17, 15) is 0 Å². The van der Waals surface area contributed by atoms with Gasteiger partial charge >= 0.3 is 0 Å². The van der Waals surface area contributed by atoms with Crippen molar-refractivity contribution in [2.45, 2.75) is 52.0 Å². The average Bonchev–Trinajstić information content (AvgIpc) is 2.70. The smallest absolute Gasteiger partial charge is 0.00924 e. The molecule has 1 aliphatic carbocycles. The molecule has 1 rings (SSSR count). The predicted octanol–water partition coefficient (Wildman–Crippen LogP) is 2.24. The van der Waals surface area contributed by atoms with Crippen molar-refractivity contribution in [1.82, 2.24) is 4.90 Å². The zero-order chi connectivity index (χ0) is 10.6. The summed E-state index contributed by atoms with van der Waals surface area (Å²) in [6, 6.07) is 0.826. The van der Waals surface area contributed by atoms with E-state index in [1.165, 1.54) is 32.1 Å². The fourth-order valence-electron chi connectivity index (χ4n) is 2.40. The summed E-state index contributed by atoms with van der Waals surface area (Å²) >= 11 is 0. The molecule has 0 aliphatic heterocycles. The van der Waals surface area contributed by atoms with Crippen molar-refractivity contribution in [2.24, 2.45) is 11.1 Å². The Balaban J connectivity index is 2.41.